The molecule has 0 amide bonds. The lowest BCUT2D eigenvalue weighted by Crippen LogP contribution is -2.37. The monoisotopic (exact) mass is 339 g/mol. The maximum Gasteiger partial charge on any atom is 0.256 e. The minimum absolute atomic E-state index is 0.0389. The first-order valence-electron chi connectivity index (χ1n) is 6.78. The Morgan fingerprint density at radius 3 is 1.41 bits per heavy atom. The van der Waals surface area contributed by atoms with E-state index in [-0.39, 0.29) is 16.3 Å². The maximum atomic E-state index is 12.7. The third-order valence-corrected chi connectivity index (χ3v) is 7.38. The molecule has 0 heterocycles. The molecular weight excluding hydrogens is 322 g/mol. The van der Waals surface area contributed by atoms with Crippen molar-refractivity contribution in [1.29, 1.82) is 0 Å². The van der Waals surface area contributed by atoms with E-state index in [0.717, 1.165) is 0 Å². The van der Waals surface area contributed by atoms with Gasteiger partial charge >= 0.3 is 0 Å². The van der Waals surface area contributed by atoms with Crippen molar-refractivity contribution >= 4 is 20.0 Å². The van der Waals surface area contributed by atoms with Gasteiger partial charge in [0.1, 0.15) is 0 Å². The van der Waals surface area contributed by atoms with Gasteiger partial charge in [-0.2, -0.15) is 0 Å². The predicted octanol–water partition coefficient (Wildman–Crippen LogP) is 2.48. The van der Waals surface area contributed by atoms with E-state index in [1.54, 1.807) is 43.3 Å². The molecule has 7 heteroatoms. The molecule has 0 aliphatic carbocycles. The Morgan fingerprint density at radius 2 is 1.09 bits per heavy atom. The third kappa shape index (κ3) is 3.21. The quantitative estimate of drug-likeness (QED) is 0.810. The molecule has 2 aromatic rings. The Labute approximate surface area is 131 Å². The van der Waals surface area contributed by atoms with Gasteiger partial charge in [0.05, 0.1) is 9.79 Å². The molecule has 0 bridgehead atoms. The fraction of sp³-hybridized carbons (Fsp3) is 0.200. The first-order chi connectivity index (χ1) is 10.4. The van der Waals surface area contributed by atoms with Crippen molar-refractivity contribution in [2.75, 3.05) is 6.54 Å². The Morgan fingerprint density at radius 1 is 0.727 bits per heavy atom. The van der Waals surface area contributed by atoms with Crippen LogP contribution in [-0.2, 0) is 20.0 Å². The summed E-state index contributed by atoms with van der Waals surface area (Å²) >= 11 is 0. The predicted molar refractivity (Wildman–Crippen MR) is 84.3 cm³/mol. The summed E-state index contributed by atoms with van der Waals surface area (Å²) in [5.41, 5.74) is 0. The Kier molecular flexibility index (Phi) is 5.00. The number of nitrogens with zero attached hydrogens (tertiary/aromatic N) is 1. The van der Waals surface area contributed by atoms with Gasteiger partial charge in [-0.3, -0.25) is 0 Å². The molecular formula is C15H17NO4S2. The third-order valence-electron chi connectivity index (χ3n) is 3.02. The number of sulfonamides is 2. The van der Waals surface area contributed by atoms with E-state index in [9.17, 15) is 16.8 Å². The molecule has 5 nitrogen and oxygen atoms in total. The molecule has 0 saturated carbocycles. The molecule has 2 aromatic carbocycles. The minimum Gasteiger partial charge on any atom is -0.206 e. The molecule has 0 unspecified atom stereocenters. The number of hydrogen-bond acceptors (Lipinski definition) is 4. The van der Waals surface area contributed by atoms with Gasteiger partial charge in [0.2, 0.25) is 0 Å². The van der Waals surface area contributed by atoms with Crippen LogP contribution in [0.3, 0.4) is 0 Å². The molecule has 0 saturated heterocycles. The van der Waals surface area contributed by atoms with Crippen LogP contribution in [0.25, 0.3) is 0 Å². The number of benzene rings is 2. The van der Waals surface area contributed by atoms with E-state index in [2.05, 4.69) is 0 Å². The van der Waals surface area contributed by atoms with Gasteiger partial charge in [-0.25, -0.2) is 16.8 Å². The van der Waals surface area contributed by atoms with Crippen LogP contribution in [0.1, 0.15) is 13.3 Å². The molecule has 0 fully saturated rings. The standard InChI is InChI=1S/C15H17NO4S2/c1-2-13-16(21(17,18)14-9-5-3-6-10-14)22(19,20)15-11-7-4-8-12-15/h3-12H,2,13H2,1H3. The fourth-order valence-electron chi connectivity index (χ4n) is 1.97. The summed E-state index contributed by atoms with van der Waals surface area (Å²) in [6.07, 6.45) is 0.387. The highest BCUT2D eigenvalue weighted by atomic mass is 32.3. The molecule has 0 spiro atoms. The second kappa shape index (κ2) is 6.60. The summed E-state index contributed by atoms with van der Waals surface area (Å²) in [5.74, 6) is 0. The highest BCUT2D eigenvalue weighted by molar-refractivity contribution is 8.04. The van der Waals surface area contributed by atoms with Crippen LogP contribution >= 0.6 is 0 Å². The Hall–Kier alpha value is -1.70. The van der Waals surface area contributed by atoms with E-state index in [0.29, 0.717) is 10.1 Å². The molecule has 0 aliphatic rings. The lowest BCUT2D eigenvalue weighted by Gasteiger charge is -2.21. The molecule has 0 aromatic heterocycles. The summed E-state index contributed by atoms with van der Waals surface area (Å²) in [7, 11) is -8.25. The van der Waals surface area contributed by atoms with Crippen molar-refractivity contribution in [1.82, 2.24) is 3.71 Å². The van der Waals surface area contributed by atoms with Gasteiger partial charge in [0, 0.05) is 6.54 Å². The molecule has 22 heavy (non-hydrogen) atoms. The highest BCUT2D eigenvalue weighted by Crippen LogP contribution is 2.24. The van der Waals surface area contributed by atoms with Gasteiger partial charge in [-0.1, -0.05) is 47.0 Å². The van der Waals surface area contributed by atoms with Crippen LogP contribution in [0.2, 0.25) is 0 Å². The molecule has 0 radical (unpaired) electrons. The Bertz CT molecular complexity index is 747. The van der Waals surface area contributed by atoms with Gasteiger partial charge in [0.15, 0.2) is 0 Å². The second-order valence-electron chi connectivity index (χ2n) is 4.63. The SMILES string of the molecule is CCCN(S(=O)(=O)c1ccccc1)S(=O)(=O)c1ccccc1. The van der Waals surface area contributed by atoms with Crippen LogP contribution in [0.15, 0.2) is 70.5 Å². The second-order valence-corrected chi connectivity index (χ2v) is 8.59. The average molecular weight is 339 g/mol. The lowest BCUT2D eigenvalue weighted by atomic mass is 10.4. The van der Waals surface area contributed by atoms with Crippen molar-refractivity contribution in [2.24, 2.45) is 0 Å². The average Bonchev–Trinajstić information content (AvgIpc) is 2.54. The zero-order valence-electron chi connectivity index (χ0n) is 12.1. The fourth-order valence-corrected chi connectivity index (χ4v) is 5.84. The molecule has 2 rings (SSSR count). The van der Waals surface area contributed by atoms with Crippen molar-refractivity contribution in [3.8, 4) is 0 Å². The van der Waals surface area contributed by atoms with Gasteiger partial charge in [-0.05, 0) is 30.7 Å². The molecule has 118 valence electrons. The van der Waals surface area contributed by atoms with Gasteiger partial charge < -0.3 is 0 Å². The largest absolute Gasteiger partial charge is 0.256 e. The van der Waals surface area contributed by atoms with E-state index in [4.69, 9.17) is 0 Å². The lowest BCUT2D eigenvalue weighted by molar-refractivity contribution is 0.495. The van der Waals surface area contributed by atoms with Crippen molar-refractivity contribution < 1.29 is 16.8 Å². The number of hydrogen-bond donors (Lipinski definition) is 0. The maximum absolute atomic E-state index is 12.7. The van der Waals surface area contributed by atoms with Gasteiger partial charge in [-0.15, -0.1) is 0 Å². The van der Waals surface area contributed by atoms with Crippen molar-refractivity contribution in [3.63, 3.8) is 0 Å². The first-order valence-corrected chi connectivity index (χ1v) is 9.66. The highest BCUT2D eigenvalue weighted by Gasteiger charge is 2.35. The van der Waals surface area contributed by atoms with E-state index in [1.807, 2.05) is 0 Å². The van der Waals surface area contributed by atoms with Crippen LogP contribution in [0, 0.1) is 0 Å². The molecule has 0 atom stereocenters. The summed E-state index contributed by atoms with van der Waals surface area (Å²) < 4.78 is 51.3. The normalized spacial score (nSPS) is 12.5. The molecule has 0 N–H and O–H groups in total. The van der Waals surface area contributed by atoms with Gasteiger partial charge in [0.25, 0.3) is 20.0 Å². The van der Waals surface area contributed by atoms with Crippen molar-refractivity contribution in [3.05, 3.63) is 60.7 Å². The summed E-state index contributed by atoms with van der Waals surface area (Å²) in [4.78, 5) is -0.0779. The van der Waals surface area contributed by atoms with Crippen molar-refractivity contribution in [2.45, 2.75) is 23.1 Å². The topological polar surface area (TPSA) is 71.5 Å². The minimum atomic E-state index is -4.12. The van der Waals surface area contributed by atoms with Crippen LogP contribution in [-0.4, -0.2) is 27.1 Å². The molecule has 0 aliphatic heterocycles. The Balaban J connectivity index is 2.56. The van der Waals surface area contributed by atoms with Crippen LogP contribution in [0.5, 0.6) is 0 Å². The summed E-state index contributed by atoms with van der Waals surface area (Å²) in [5, 5.41) is 0. The number of rotatable bonds is 6. The van der Waals surface area contributed by atoms with E-state index in [1.165, 1.54) is 24.3 Å². The van der Waals surface area contributed by atoms with Crippen LogP contribution in [0.4, 0.5) is 0 Å². The van der Waals surface area contributed by atoms with E-state index < -0.39 is 20.0 Å². The first kappa shape index (κ1) is 16.7. The smallest absolute Gasteiger partial charge is 0.206 e. The zero-order valence-corrected chi connectivity index (χ0v) is 13.7. The summed E-state index contributed by atoms with van der Waals surface area (Å²) in [6.45, 7) is 1.63. The summed E-state index contributed by atoms with van der Waals surface area (Å²) in [6, 6.07) is 15.1. The van der Waals surface area contributed by atoms with Crippen LogP contribution < -0.4 is 0 Å². The van der Waals surface area contributed by atoms with E-state index >= 15 is 0 Å². The zero-order chi connectivity index (χ0) is 16.2.